The first-order valence-corrected chi connectivity index (χ1v) is 6.09. The Hall–Kier alpha value is -1.09. The summed E-state index contributed by atoms with van der Waals surface area (Å²) < 4.78 is 0. The number of aromatic nitrogens is 1. The zero-order valence-electron chi connectivity index (χ0n) is 10.5. The second-order valence-corrected chi connectivity index (χ2v) is 4.60. The molecule has 0 unspecified atom stereocenters. The minimum atomic E-state index is 0.577. The molecule has 1 aromatic rings. The third-order valence-electron chi connectivity index (χ3n) is 3.54. The van der Waals surface area contributed by atoms with Crippen LogP contribution in [-0.2, 0) is 0 Å². The highest BCUT2D eigenvalue weighted by Gasteiger charge is 2.22. The van der Waals surface area contributed by atoms with Crippen LogP contribution in [0.5, 0.6) is 0 Å². The zero-order valence-corrected chi connectivity index (χ0v) is 10.5. The summed E-state index contributed by atoms with van der Waals surface area (Å²) in [6.45, 7) is 4.34. The van der Waals surface area contributed by atoms with Gasteiger partial charge in [-0.05, 0) is 45.0 Å². The van der Waals surface area contributed by atoms with Crippen LogP contribution in [0.25, 0.3) is 0 Å². The van der Waals surface area contributed by atoms with E-state index in [1.165, 1.54) is 24.9 Å². The van der Waals surface area contributed by atoms with Crippen molar-refractivity contribution in [1.29, 1.82) is 0 Å². The molecule has 1 saturated heterocycles. The van der Waals surface area contributed by atoms with Gasteiger partial charge in [0.2, 0.25) is 0 Å². The van der Waals surface area contributed by atoms with Crippen LogP contribution in [0.2, 0.25) is 0 Å². The van der Waals surface area contributed by atoms with E-state index in [4.69, 9.17) is 0 Å². The van der Waals surface area contributed by atoms with Crippen molar-refractivity contribution in [3.8, 4) is 0 Å². The summed E-state index contributed by atoms with van der Waals surface area (Å²) >= 11 is 0. The first-order valence-electron chi connectivity index (χ1n) is 6.09. The molecule has 0 spiro atoms. The Bertz CT molecular complexity index is 334. The number of hydrogen-bond acceptors (Lipinski definition) is 3. The van der Waals surface area contributed by atoms with Crippen LogP contribution in [0.1, 0.15) is 31.4 Å². The largest absolute Gasteiger partial charge is 0.360 e. The first-order chi connectivity index (χ1) is 7.72. The second kappa shape index (κ2) is 4.83. The minimum Gasteiger partial charge on any atom is -0.360 e. The number of rotatable bonds is 3. The van der Waals surface area contributed by atoms with Gasteiger partial charge in [-0.3, -0.25) is 4.90 Å². The number of likely N-dealkylation sites (tertiary alicyclic amines) is 1. The van der Waals surface area contributed by atoms with Crippen molar-refractivity contribution in [2.45, 2.75) is 25.8 Å². The van der Waals surface area contributed by atoms with Crippen LogP contribution in [0.4, 0.5) is 5.82 Å². The molecule has 2 rings (SSSR count). The molecule has 88 valence electrons. The molecule has 0 amide bonds. The Morgan fingerprint density at radius 3 is 2.81 bits per heavy atom. The molecule has 0 bridgehead atoms. The Kier molecular flexibility index (Phi) is 3.44. The zero-order chi connectivity index (χ0) is 11.5. The van der Waals surface area contributed by atoms with E-state index in [1.807, 2.05) is 6.20 Å². The Morgan fingerprint density at radius 1 is 1.50 bits per heavy atom. The molecular formula is C13H21N3. The van der Waals surface area contributed by atoms with Gasteiger partial charge in [-0.25, -0.2) is 4.98 Å². The van der Waals surface area contributed by atoms with Crippen molar-refractivity contribution < 1.29 is 0 Å². The maximum Gasteiger partial charge on any atom is 0.128 e. The van der Waals surface area contributed by atoms with E-state index in [0.717, 1.165) is 12.4 Å². The van der Waals surface area contributed by atoms with Crippen LogP contribution in [0.3, 0.4) is 0 Å². The fraction of sp³-hybridized carbons (Fsp3) is 0.615. The van der Waals surface area contributed by atoms with Crippen molar-refractivity contribution in [1.82, 2.24) is 9.88 Å². The fourth-order valence-electron chi connectivity index (χ4n) is 2.31. The highest BCUT2D eigenvalue weighted by Crippen LogP contribution is 2.30. The second-order valence-electron chi connectivity index (χ2n) is 4.60. The molecular weight excluding hydrogens is 198 g/mol. The highest BCUT2D eigenvalue weighted by atomic mass is 15.2. The number of anilines is 1. The van der Waals surface area contributed by atoms with E-state index in [9.17, 15) is 0 Å². The molecule has 2 heterocycles. The van der Waals surface area contributed by atoms with Crippen molar-refractivity contribution >= 4 is 5.82 Å². The van der Waals surface area contributed by atoms with Crippen LogP contribution >= 0.6 is 0 Å². The van der Waals surface area contributed by atoms with Gasteiger partial charge >= 0.3 is 0 Å². The molecule has 0 radical (unpaired) electrons. The minimum absolute atomic E-state index is 0.577. The molecule has 16 heavy (non-hydrogen) atoms. The van der Waals surface area contributed by atoms with E-state index in [1.54, 1.807) is 0 Å². The quantitative estimate of drug-likeness (QED) is 0.777. The van der Waals surface area contributed by atoms with Crippen LogP contribution in [0.15, 0.2) is 18.3 Å². The predicted octanol–water partition coefficient (Wildman–Crippen LogP) is 2.30. The Morgan fingerprint density at radius 2 is 2.31 bits per heavy atom. The smallest absolute Gasteiger partial charge is 0.128 e. The van der Waals surface area contributed by atoms with Crippen molar-refractivity contribution in [3.05, 3.63) is 23.9 Å². The predicted molar refractivity (Wildman–Crippen MR) is 67.8 cm³/mol. The lowest BCUT2D eigenvalue weighted by Crippen LogP contribution is -2.19. The monoisotopic (exact) mass is 219 g/mol. The standard InChI is InChI=1S/C13H21N3/c1-4-15(2)13-8-7-11(10-14-13)12-6-5-9-16(12)3/h7-8,10,12H,4-6,9H2,1-3H3/t12-/m0/s1. The molecule has 0 aromatic carbocycles. The first kappa shape index (κ1) is 11.4. The van der Waals surface area contributed by atoms with Gasteiger partial charge in [0.15, 0.2) is 0 Å². The summed E-state index contributed by atoms with van der Waals surface area (Å²) in [5, 5.41) is 0. The van der Waals surface area contributed by atoms with Gasteiger partial charge in [-0.2, -0.15) is 0 Å². The molecule has 3 nitrogen and oxygen atoms in total. The van der Waals surface area contributed by atoms with Crippen LogP contribution in [0, 0.1) is 0 Å². The van der Waals surface area contributed by atoms with Gasteiger partial charge in [-0.15, -0.1) is 0 Å². The lowest BCUT2D eigenvalue weighted by atomic mass is 10.1. The van der Waals surface area contributed by atoms with Gasteiger partial charge in [0, 0.05) is 25.8 Å². The highest BCUT2D eigenvalue weighted by molar-refractivity contribution is 5.38. The van der Waals surface area contributed by atoms with Crippen molar-refractivity contribution in [2.75, 3.05) is 32.1 Å². The summed E-state index contributed by atoms with van der Waals surface area (Å²) in [5.41, 5.74) is 1.35. The molecule has 1 aromatic heterocycles. The summed E-state index contributed by atoms with van der Waals surface area (Å²) in [6.07, 6.45) is 4.60. The maximum absolute atomic E-state index is 4.53. The van der Waals surface area contributed by atoms with Gasteiger partial charge < -0.3 is 4.90 Å². The Labute approximate surface area is 98.1 Å². The third-order valence-corrected chi connectivity index (χ3v) is 3.54. The lowest BCUT2D eigenvalue weighted by Gasteiger charge is -2.21. The normalized spacial score (nSPS) is 21.3. The maximum atomic E-state index is 4.53. The molecule has 1 atom stereocenters. The number of hydrogen-bond donors (Lipinski definition) is 0. The fourth-order valence-corrected chi connectivity index (χ4v) is 2.31. The molecule has 0 aliphatic carbocycles. The summed E-state index contributed by atoms with van der Waals surface area (Å²) in [4.78, 5) is 9.10. The van der Waals surface area contributed by atoms with Crippen LogP contribution < -0.4 is 4.90 Å². The van der Waals surface area contributed by atoms with Gasteiger partial charge in [0.1, 0.15) is 5.82 Å². The van der Waals surface area contributed by atoms with Crippen LogP contribution in [-0.4, -0.2) is 37.1 Å². The molecule has 1 aliphatic rings. The molecule has 1 aliphatic heterocycles. The third kappa shape index (κ3) is 2.19. The van der Waals surface area contributed by atoms with Gasteiger partial charge in [0.05, 0.1) is 0 Å². The average molecular weight is 219 g/mol. The number of nitrogens with zero attached hydrogens (tertiary/aromatic N) is 3. The van der Waals surface area contributed by atoms with Gasteiger partial charge in [0.25, 0.3) is 0 Å². The SMILES string of the molecule is CCN(C)c1ccc([C@@H]2CCCN2C)cn1. The number of pyridine rings is 1. The molecule has 3 heteroatoms. The van der Waals surface area contributed by atoms with Crippen molar-refractivity contribution in [2.24, 2.45) is 0 Å². The lowest BCUT2D eigenvalue weighted by molar-refractivity contribution is 0.317. The topological polar surface area (TPSA) is 19.4 Å². The summed E-state index contributed by atoms with van der Waals surface area (Å²) in [5.74, 6) is 1.06. The van der Waals surface area contributed by atoms with Gasteiger partial charge in [-0.1, -0.05) is 6.07 Å². The van der Waals surface area contributed by atoms with Crippen molar-refractivity contribution in [3.63, 3.8) is 0 Å². The average Bonchev–Trinajstić information content (AvgIpc) is 2.75. The summed E-state index contributed by atoms with van der Waals surface area (Å²) in [7, 11) is 4.27. The summed E-state index contributed by atoms with van der Waals surface area (Å²) in [6, 6.07) is 4.93. The van der Waals surface area contributed by atoms with E-state index in [2.05, 4.69) is 47.9 Å². The van der Waals surface area contributed by atoms with E-state index < -0.39 is 0 Å². The van der Waals surface area contributed by atoms with E-state index >= 15 is 0 Å². The molecule has 0 N–H and O–H groups in total. The van der Waals surface area contributed by atoms with E-state index in [0.29, 0.717) is 6.04 Å². The van der Waals surface area contributed by atoms with E-state index in [-0.39, 0.29) is 0 Å². The Balaban J connectivity index is 2.12. The molecule has 1 fully saturated rings. The molecule has 0 saturated carbocycles.